The van der Waals surface area contributed by atoms with Crippen LogP contribution >= 0.6 is 0 Å². The second kappa shape index (κ2) is 6.40. The predicted molar refractivity (Wildman–Crippen MR) is 78.7 cm³/mol. The molecule has 0 fully saturated rings. The van der Waals surface area contributed by atoms with Crippen molar-refractivity contribution in [3.63, 3.8) is 0 Å². The van der Waals surface area contributed by atoms with Gasteiger partial charge in [0.2, 0.25) is 0 Å². The van der Waals surface area contributed by atoms with Gasteiger partial charge in [-0.1, -0.05) is 42.5 Å². The van der Waals surface area contributed by atoms with Crippen molar-refractivity contribution < 1.29 is 14.6 Å². The summed E-state index contributed by atoms with van der Waals surface area (Å²) in [7, 11) is 1.56. The van der Waals surface area contributed by atoms with Gasteiger partial charge in [0, 0.05) is 5.57 Å². The molecule has 0 saturated carbocycles. The molecule has 0 aliphatic rings. The lowest BCUT2D eigenvalue weighted by Crippen LogP contribution is -2.03. The molecule has 4 nitrogen and oxygen atoms in total. The molecule has 2 rings (SSSR count). The van der Waals surface area contributed by atoms with Crippen molar-refractivity contribution in [1.82, 2.24) is 0 Å². The number of hydrogen-bond acceptors (Lipinski definition) is 3. The number of nitrogens with zero attached hydrogens (tertiary/aromatic N) is 1. The lowest BCUT2D eigenvalue weighted by atomic mass is 9.93. The maximum Gasteiger partial charge on any atom is 0.347 e. The fourth-order valence-corrected chi connectivity index (χ4v) is 2.03. The van der Waals surface area contributed by atoms with E-state index in [1.165, 1.54) is 0 Å². The van der Waals surface area contributed by atoms with E-state index in [4.69, 9.17) is 4.74 Å². The van der Waals surface area contributed by atoms with Crippen molar-refractivity contribution in [3.8, 4) is 11.8 Å². The summed E-state index contributed by atoms with van der Waals surface area (Å²) in [4.78, 5) is 11.3. The topological polar surface area (TPSA) is 70.3 Å². The second-order valence-electron chi connectivity index (χ2n) is 4.26. The summed E-state index contributed by atoms with van der Waals surface area (Å²) < 4.78 is 5.09. The Morgan fingerprint density at radius 1 is 1.05 bits per heavy atom. The Labute approximate surface area is 122 Å². The second-order valence-corrected chi connectivity index (χ2v) is 4.26. The summed E-state index contributed by atoms with van der Waals surface area (Å²) in [5.74, 6) is -0.577. The summed E-state index contributed by atoms with van der Waals surface area (Å²) in [6, 6.07) is 17.7. The Morgan fingerprint density at radius 3 is 2.10 bits per heavy atom. The van der Waals surface area contributed by atoms with E-state index >= 15 is 0 Å². The highest BCUT2D eigenvalue weighted by Gasteiger charge is 2.17. The molecular formula is C17H13NO3. The third-order valence-corrected chi connectivity index (χ3v) is 3.02. The van der Waals surface area contributed by atoms with Crippen LogP contribution in [0, 0.1) is 11.3 Å². The molecule has 0 radical (unpaired) electrons. The monoisotopic (exact) mass is 279 g/mol. The number of nitriles is 1. The van der Waals surface area contributed by atoms with E-state index in [1.807, 2.05) is 6.07 Å². The molecule has 0 heterocycles. The first kappa shape index (κ1) is 14.4. The first-order valence-corrected chi connectivity index (χ1v) is 6.25. The summed E-state index contributed by atoms with van der Waals surface area (Å²) in [5, 5.41) is 18.4. The van der Waals surface area contributed by atoms with E-state index in [0.29, 0.717) is 22.4 Å². The summed E-state index contributed by atoms with van der Waals surface area (Å²) >= 11 is 0. The van der Waals surface area contributed by atoms with Crippen molar-refractivity contribution in [1.29, 1.82) is 5.26 Å². The van der Waals surface area contributed by atoms with Crippen LogP contribution in [-0.4, -0.2) is 18.2 Å². The van der Waals surface area contributed by atoms with Crippen molar-refractivity contribution >= 4 is 11.5 Å². The average Bonchev–Trinajstić information content (AvgIpc) is 2.53. The predicted octanol–water partition coefficient (Wildman–Crippen LogP) is 3.11. The first-order chi connectivity index (χ1) is 10.2. The van der Waals surface area contributed by atoms with Gasteiger partial charge in [-0.25, -0.2) is 4.79 Å². The maximum absolute atomic E-state index is 11.3. The van der Waals surface area contributed by atoms with Crippen LogP contribution in [0.1, 0.15) is 11.1 Å². The SMILES string of the molecule is COc1ccc(/C(=C(\C#N)C(=O)O)c2ccccc2)cc1. The van der Waals surface area contributed by atoms with Crippen molar-refractivity contribution in [2.45, 2.75) is 0 Å². The molecule has 0 aliphatic heterocycles. The molecule has 2 aromatic carbocycles. The van der Waals surface area contributed by atoms with Gasteiger partial charge >= 0.3 is 5.97 Å². The standard InChI is InChI=1S/C17H13NO3/c1-21-14-9-7-13(8-10-14)16(15(11-18)17(19)20)12-5-3-2-4-6-12/h2-10H,1H3,(H,19,20)/b16-15+. The Morgan fingerprint density at radius 2 is 1.62 bits per heavy atom. The maximum atomic E-state index is 11.3. The molecule has 0 saturated heterocycles. The number of rotatable bonds is 4. The molecule has 0 aromatic heterocycles. The fourth-order valence-electron chi connectivity index (χ4n) is 2.03. The molecular weight excluding hydrogens is 266 g/mol. The number of carboxylic acids is 1. The number of carboxylic acid groups (broad SMARTS) is 1. The highest BCUT2D eigenvalue weighted by Crippen LogP contribution is 2.28. The van der Waals surface area contributed by atoms with E-state index in [1.54, 1.807) is 61.7 Å². The third kappa shape index (κ3) is 3.10. The number of carbonyl (C=O) groups is 1. The van der Waals surface area contributed by atoms with Crippen LogP contribution in [0.25, 0.3) is 5.57 Å². The smallest absolute Gasteiger partial charge is 0.347 e. The van der Waals surface area contributed by atoms with E-state index in [0.717, 1.165) is 0 Å². The minimum Gasteiger partial charge on any atom is -0.497 e. The molecule has 0 amide bonds. The van der Waals surface area contributed by atoms with Crippen LogP contribution in [0.3, 0.4) is 0 Å². The number of benzene rings is 2. The summed E-state index contributed by atoms with van der Waals surface area (Å²) in [6.45, 7) is 0. The van der Waals surface area contributed by atoms with Crippen LogP contribution in [-0.2, 0) is 4.79 Å². The highest BCUT2D eigenvalue weighted by molar-refractivity contribution is 6.04. The van der Waals surface area contributed by atoms with Crippen molar-refractivity contribution in [2.24, 2.45) is 0 Å². The van der Waals surface area contributed by atoms with E-state index < -0.39 is 5.97 Å². The molecule has 2 aromatic rings. The summed E-state index contributed by atoms with van der Waals surface area (Å²) in [5.41, 5.74) is 1.45. The molecule has 0 unspecified atom stereocenters. The molecule has 21 heavy (non-hydrogen) atoms. The van der Waals surface area contributed by atoms with Crippen LogP contribution in [0.4, 0.5) is 0 Å². The Hall–Kier alpha value is -3.06. The van der Waals surface area contributed by atoms with Gasteiger partial charge in [0.15, 0.2) is 0 Å². The van der Waals surface area contributed by atoms with Crippen LogP contribution in [0.5, 0.6) is 5.75 Å². The van der Waals surface area contributed by atoms with Gasteiger partial charge in [-0.2, -0.15) is 5.26 Å². The Kier molecular flexibility index (Phi) is 4.37. The van der Waals surface area contributed by atoms with Crippen molar-refractivity contribution in [2.75, 3.05) is 7.11 Å². The molecule has 0 bridgehead atoms. The third-order valence-electron chi connectivity index (χ3n) is 3.02. The normalized spacial score (nSPS) is 11.2. The van der Waals surface area contributed by atoms with E-state index in [2.05, 4.69) is 0 Å². The number of ether oxygens (including phenoxy) is 1. The zero-order valence-corrected chi connectivity index (χ0v) is 11.4. The van der Waals surface area contributed by atoms with Gasteiger partial charge in [0.25, 0.3) is 0 Å². The van der Waals surface area contributed by atoms with E-state index in [-0.39, 0.29) is 5.57 Å². The first-order valence-electron chi connectivity index (χ1n) is 6.25. The van der Waals surface area contributed by atoms with Gasteiger partial charge in [0.05, 0.1) is 7.11 Å². The summed E-state index contributed by atoms with van der Waals surface area (Å²) in [6.07, 6.45) is 0. The molecule has 1 N–H and O–H groups in total. The average molecular weight is 279 g/mol. The molecule has 104 valence electrons. The van der Waals surface area contributed by atoms with Crippen LogP contribution in [0.2, 0.25) is 0 Å². The zero-order valence-electron chi connectivity index (χ0n) is 11.4. The Balaban J connectivity index is 2.67. The minimum absolute atomic E-state index is 0.286. The number of hydrogen-bond donors (Lipinski definition) is 1. The highest BCUT2D eigenvalue weighted by atomic mass is 16.5. The zero-order chi connectivity index (χ0) is 15.2. The molecule has 4 heteroatoms. The van der Waals surface area contributed by atoms with Gasteiger partial charge < -0.3 is 9.84 Å². The minimum atomic E-state index is -1.24. The molecule has 0 atom stereocenters. The number of aliphatic carboxylic acids is 1. The van der Waals surface area contributed by atoms with Crippen LogP contribution in [0.15, 0.2) is 60.2 Å². The molecule has 0 aliphatic carbocycles. The lowest BCUT2D eigenvalue weighted by molar-refractivity contribution is -0.132. The number of methoxy groups -OCH3 is 1. The Bertz CT molecular complexity index is 710. The van der Waals surface area contributed by atoms with Gasteiger partial charge in [-0.3, -0.25) is 0 Å². The quantitative estimate of drug-likeness (QED) is 0.689. The van der Waals surface area contributed by atoms with Crippen LogP contribution < -0.4 is 4.74 Å². The van der Waals surface area contributed by atoms with E-state index in [9.17, 15) is 15.2 Å². The lowest BCUT2D eigenvalue weighted by Gasteiger charge is -2.10. The fraction of sp³-hybridized carbons (Fsp3) is 0.0588. The van der Waals surface area contributed by atoms with Gasteiger partial charge in [-0.05, 0) is 23.3 Å². The van der Waals surface area contributed by atoms with Gasteiger partial charge in [0.1, 0.15) is 17.4 Å². The van der Waals surface area contributed by atoms with Gasteiger partial charge in [-0.15, -0.1) is 0 Å². The molecule has 0 spiro atoms. The van der Waals surface area contributed by atoms with Crippen molar-refractivity contribution in [3.05, 3.63) is 71.3 Å². The largest absolute Gasteiger partial charge is 0.497 e.